The lowest BCUT2D eigenvalue weighted by atomic mass is 10.4. The molecule has 0 saturated heterocycles. The molecule has 176 valence electrons. The van der Waals surface area contributed by atoms with Crippen molar-refractivity contribution in [3.8, 4) is 0 Å². The van der Waals surface area contributed by atoms with E-state index >= 15 is 0 Å². The number of aliphatic hydroxyl groups excluding tert-OH is 1. The Hall–Kier alpha value is -1.61. The first-order chi connectivity index (χ1) is 14.3. The fourth-order valence-corrected chi connectivity index (χ4v) is 2.09. The van der Waals surface area contributed by atoms with E-state index in [1.807, 2.05) is 0 Å². The fourth-order valence-electron chi connectivity index (χ4n) is 1.71. The SMILES string of the molecule is CS(=O)(=O)OCCOCCOCCNC(=O)/C=C\C(=O)NCCOCCOCCO. The van der Waals surface area contributed by atoms with Crippen molar-refractivity contribution in [1.29, 1.82) is 0 Å². The lowest BCUT2D eigenvalue weighted by molar-refractivity contribution is -0.119. The van der Waals surface area contributed by atoms with Gasteiger partial charge in [-0.15, -0.1) is 0 Å². The molecule has 0 aromatic heterocycles. The quantitative estimate of drug-likeness (QED) is 0.104. The van der Waals surface area contributed by atoms with Crippen molar-refractivity contribution in [3.63, 3.8) is 0 Å². The zero-order chi connectivity index (χ0) is 22.5. The summed E-state index contributed by atoms with van der Waals surface area (Å²) in [6, 6.07) is 0. The second kappa shape index (κ2) is 19.4. The van der Waals surface area contributed by atoms with Gasteiger partial charge < -0.3 is 34.7 Å². The first-order valence-electron chi connectivity index (χ1n) is 9.35. The molecule has 12 nitrogen and oxygen atoms in total. The van der Waals surface area contributed by atoms with E-state index in [9.17, 15) is 18.0 Å². The minimum Gasteiger partial charge on any atom is -0.394 e. The first-order valence-corrected chi connectivity index (χ1v) is 11.2. The van der Waals surface area contributed by atoms with Crippen molar-refractivity contribution < 1.29 is 46.2 Å². The largest absolute Gasteiger partial charge is 0.394 e. The van der Waals surface area contributed by atoms with Gasteiger partial charge in [-0.25, -0.2) is 0 Å². The molecule has 2 amide bonds. The van der Waals surface area contributed by atoms with E-state index in [-0.39, 0.29) is 52.8 Å². The van der Waals surface area contributed by atoms with Crippen molar-refractivity contribution in [3.05, 3.63) is 12.2 Å². The molecule has 30 heavy (non-hydrogen) atoms. The molecule has 0 aromatic rings. The number of aliphatic hydroxyl groups is 1. The lowest BCUT2D eigenvalue weighted by Crippen LogP contribution is -2.28. The Morgan fingerprint density at radius 3 is 1.57 bits per heavy atom. The average Bonchev–Trinajstić information content (AvgIpc) is 2.69. The van der Waals surface area contributed by atoms with Gasteiger partial charge in [0.25, 0.3) is 10.1 Å². The number of amides is 2. The molecule has 0 aliphatic carbocycles. The molecular formula is C17H32N2O10S. The Kier molecular flexibility index (Phi) is 18.3. The van der Waals surface area contributed by atoms with Crippen molar-refractivity contribution in [2.24, 2.45) is 0 Å². The molecule has 0 fully saturated rings. The molecule has 0 aliphatic heterocycles. The first kappa shape index (κ1) is 28.4. The van der Waals surface area contributed by atoms with Crippen molar-refractivity contribution >= 4 is 21.9 Å². The molecule has 0 aromatic carbocycles. The van der Waals surface area contributed by atoms with Gasteiger partial charge in [0.15, 0.2) is 0 Å². The van der Waals surface area contributed by atoms with E-state index in [0.717, 1.165) is 18.4 Å². The highest BCUT2D eigenvalue weighted by atomic mass is 32.2. The Morgan fingerprint density at radius 1 is 0.733 bits per heavy atom. The fraction of sp³-hybridized carbons (Fsp3) is 0.765. The van der Waals surface area contributed by atoms with Crippen molar-refractivity contribution in [2.75, 3.05) is 85.4 Å². The maximum Gasteiger partial charge on any atom is 0.264 e. The van der Waals surface area contributed by atoms with Gasteiger partial charge in [0.2, 0.25) is 11.8 Å². The van der Waals surface area contributed by atoms with E-state index in [4.69, 9.17) is 24.1 Å². The number of nitrogens with one attached hydrogen (secondary N) is 2. The minimum absolute atomic E-state index is 0.0371. The lowest BCUT2D eigenvalue weighted by Gasteiger charge is -2.06. The average molecular weight is 457 g/mol. The Morgan fingerprint density at radius 2 is 1.13 bits per heavy atom. The Labute approximate surface area is 177 Å². The summed E-state index contributed by atoms with van der Waals surface area (Å²) in [7, 11) is -3.46. The van der Waals surface area contributed by atoms with Crippen LogP contribution in [0.3, 0.4) is 0 Å². The van der Waals surface area contributed by atoms with Crippen LogP contribution in [0.1, 0.15) is 0 Å². The van der Waals surface area contributed by atoms with Crippen molar-refractivity contribution in [2.45, 2.75) is 0 Å². The topological polar surface area (TPSA) is 159 Å². The summed E-state index contributed by atoms with van der Waals surface area (Å²) in [5.74, 6) is -0.848. The van der Waals surface area contributed by atoms with Gasteiger partial charge in [0, 0.05) is 25.2 Å². The highest BCUT2D eigenvalue weighted by Gasteiger charge is 2.01. The molecule has 0 bridgehead atoms. The molecule has 0 aliphatic rings. The predicted octanol–water partition coefficient (Wildman–Crippen LogP) is -2.19. The maximum atomic E-state index is 11.6. The molecule has 3 N–H and O–H groups in total. The minimum atomic E-state index is -3.46. The van der Waals surface area contributed by atoms with Crippen LogP contribution in [0, 0.1) is 0 Å². The molecule has 0 radical (unpaired) electrons. The van der Waals surface area contributed by atoms with Crippen LogP contribution in [0.5, 0.6) is 0 Å². The number of rotatable bonds is 20. The number of carbonyl (C=O) groups excluding carboxylic acids is 2. The Balaban J connectivity index is 3.48. The highest BCUT2D eigenvalue weighted by Crippen LogP contribution is 1.87. The van der Waals surface area contributed by atoms with E-state index < -0.39 is 21.9 Å². The van der Waals surface area contributed by atoms with Crippen LogP contribution in [-0.2, 0) is 42.8 Å². The standard InChI is InChI=1S/C17H32N2O10S/c1-30(23,24)29-15-14-28-13-11-26-8-5-19-17(22)3-2-16(21)18-4-7-25-10-12-27-9-6-20/h2-3,20H,4-15H2,1H3,(H,18,21)(H,19,22)/b3-2-. The molecule has 0 spiro atoms. The second-order valence-electron chi connectivity index (χ2n) is 5.61. The van der Waals surface area contributed by atoms with E-state index in [1.54, 1.807) is 0 Å². The summed E-state index contributed by atoms with van der Waals surface area (Å²) in [5.41, 5.74) is 0. The van der Waals surface area contributed by atoms with Crippen LogP contribution >= 0.6 is 0 Å². The van der Waals surface area contributed by atoms with Gasteiger partial charge in [0.1, 0.15) is 0 Å². The van der Waals surface area contributed by atoms with Gasteiger partial charge in [0.05, 0.1) is 72.3 Å². The van der Waals surface area contributed by atoms with Crippen LogP contribution in [0.2, 0.25) is 0 Å². The summed E-state index contributed by atoms with van der Waals surface area (Å²) in [5, 5.41) is 13.6. The summed E-state index contributed by atoms with van der Waals surface area (Å²) >= 11 is 0. The zero-order valence-corrected chi connectivity index (χ0v) is 18.0. The van der Waals surface area contributed by atoms with Crippen LogP contribution in [0.15, 0.2) is 12.2 Å². The van der Waals surface area contributed by atoms with Gasteiger partial charge in [-0.1, -0.05) is 0 Å². The number of hydrogen-bond acceptors (Lipinski definition) is 10. The molecule has 0 rings (SSSR count). The molecule has 0 unspecified atom stereocenters. The van der Waals surface area contributed by atoms with Gasteiger partial charge >= 0.3 is 0 Å². The van der Waals surface area contributed by atoms with E-state index in [2.05, 4.69) is 14.8 Å². The zero-order valence-electron chi connectivity index (χ0n) is 17.2. The van der Waals surface area contributed by atoms with Crippen molar-refractivity contribution in [1.82, 2.24) is 10.6 Å². The third-order valence-electron chi connectivity index (χ3n) is 2.98. The van der Waals surface area contributed by atoms with Crippen LogP contribution in [0.25, 0.3) is 0 Å². The molecular weight excluding hydrogens is 424 g/mol. The number of ether oxygens (including phenoxy) is 4. The monoisotopic (exact) mass is 456 g/mol. The summed E-state index contributed by atoms with van der Waals surface area (Å²) in [4.78, 5) is 23.1. The third-order valence-corrected chi connectivity index (χ3v) is 3.58. The molecule has 0 atom stereocenters. The summed E-state index contributed by atoms with van der Waals surface area (Å²) < 4.78 is 46.5. The van der Waals surface area contributed by atoms with E-state index in [1.165, 1.54) is 0 Å². The molecule has 0 heterocycles. The number of carbonyl (C=O) groups is 2. The molecule has 0 saturated carbocycles. The third kappa shape index (κ3) is 22.7. The van der Waals surface area contributed by atoms with Gasteiger partial charge in [-0.05, 0) is 0 Å². The summed E-state index contributed by atoms with van der Waals surface area (Å²) in [6.07, 6.45) is 3.19. The highest BCUT2D eigenvalue weighted by molar-refractivity contribution is 7.85. The number of hydrogen-bond donors (Lipinski definition) is 3. The normalized spacial score (nSPS) is 11.7. The maximum absolute atomic E-state index is 11.6. The predicted molar refractivity (Wildman–Crippen MR) is 106 cm³/mol. The van der Waals surface area contributed by atoms with Crippen LogP contribution < -0.4 is 10.6 Å². The van der Waals surface area contributed by atoms with E-state index in [0.29, 0.717) is 26.4 Å². The molecule has 13 heteroatoms. The van der Waals surface area contributed by atoms with Gasteiger partial charge in [-0.2, -0.15) is 8.42 Å². The Bertz CT molecular complexity index is 583. The second-order valence-corrected chi connectivity index (χ2v) is 7.26. The van der Waals surface area contributed by atoms with Crippen LogP contribution in [0.4, 0.5) is 0 Å². The smallest absolute Gasteiger partial charge is 0.264 e. The van der Waals surface area contributed by atoms with Gasteiger partial charge in [-0.3, -0.25) is 13.8 Å². The van der Waals surface area contributed by atoms with Crippen LogP contribution in [-0.4, -0.2) is 111 Å². The summed E-state index contributed by atoms with van der Waals surface area (Å²) in [6.45, 7) is 2.69.